The third-order valence-corrected chi connectivity index (χ3v) is 5.72. The molecule has 3 aromatic heterocycles. The number of methoxy groups -OCH3 is 1. The Morgan fingerprint density at radius 2 is 2.12 bits per heavy atom. The zero-order valence-electron chi connectivity index (χ0n) is 18.5. The Hall–Kier alpha value is -4.27. The van der Waals surface area contributed by atoms with Gasteiger partial charge in [0.2, 0.25) is 11.6 Å². The summed E-state index contributed by atoms with van der Waals surface area (Å²) in [4.78, 5) is 12.9. The molecule has 4 rings (SSSR count). The fraction of sp³-hybridized carbons (Fsp3) is 0.263. The lowest BCUT2D eigenvalue weighted by Crippen LogP contribution is -2.22. The van der Waals surface area contributed by atoms with Crippen molar-refractivity contribution in [2.75, 3.05) is 12.8 Å². The van der Waals surface area contributed by atoms with Crippen LogP contribution in [0, 0.1) is 0 Å². The van der Waals surface area contributed by atoms with Gasteiger partial charge in [0, 0.05) is 24.9 Å². The van der Waals surface area contributed by atoms with E-state index in [1.807, 2.05) is 31.3 Å². The van der Waals surface area contributed by atoms with Crippen molar-refractivity contribution in [1.82, 2.24) is 45.5 Å². The molecule has 0 fully saturated rings. The largest absolute Gasteiger partial charge is 0.496 e. The number of hydrazone groups is 1. The molecule has 14 nitrogen and oxygen atoms in total. The summed E-state index contributed by atoms with van der Waals surface area (Å²) in [6.07, 6.45) is 2.07. The van der Waals surface area contributed by atoms with Crippen LogP contribution in [-0.2, 0) is 19.2 Å². The van der Waals surface area contributed by atoms with Gasteiger partial charge < -0.3 is 15.0 Å². The summed E-state index contributed by atoms with van der Waals surface area (Å²) < 4.78 is 13.1. The number of hydrogen-bond acceptors (Lipinski definition) is 12. The first-order chi connectivity index (χ1) is 16.5. The van der Waals surface area contributed by atoms with E-state index < -0.39 is 5.91 Å². The molecule has 0 saturated heterocycles. The molecule has 15 heteroatoms. The highest BCUT2D eigenvalue weighted by atomic mass is 32.2. The van der Waals surface area contributed by atoms with Crippen molar-refractivity contribution in [1.29, 1.82) is 0 Å². The highest BCUT2D eigenvalue weighted by Gasteiger charge is 2.24. The van der Waals surface area contributed by atoms with E-state index in [0.717, 1.165) is 11.3 Å². The minimum Gasteiger partial charge on any atom is -0.496 e. The number of nitrogens with one attached hydrogen (secondary N) is 1. The summed E-state index contributed by atoms with van der Waals surface area (Å²) >= 11 is 1.33. The molecule has 0 aliphatic rings. The second-order valence-electron chi connectivity index (χ2n) is 7.06. The molecule has 0 aliphatic carbocycles. The van der Waals surface area contributed by atoms with Crippen LogP contribution in [0.1, 0.15) is 28.7 Å². The zero-order chi connectivity index (χ0) is 24.1. The highest BCUT2D eigenvalue weighted by Crippen LogP contribution is 2.24. The standard InChI is InChI=1S/C19H21N11O3S/c1-11(8-12-6-4-5-7-14(12)32-3)22-24-18(31)15-13(9-34-19-25-21-10-29(19)2)30(28-23-15)17-16(20)26-33-27-17/h4-7,10H,8-9H2,1-3H3,(H2,20,26)(H,24,31). The van der Waals surface area contributed by atoms with Crippen LogP contribution < -0.4 is 15.9 Å². The van der Waals surface area contributed by atoms with Crippen molar-refractivity contribution < 1.29 is 14.2 Å². The first kappa shape index (κ1) is 22.9. The minimum absolute atomic E-state index is 0.00689. The molecule has 0 spiro atoms. The molecule has 1 aromatic carbocycles. The molecule has 0 unspecified atom stereocenters. The summed E-state index contributed by atoms with van der Waals surface area (Å²) in [5.74, 6) is 0.587. The smallest absolute Gasteiger partial charge is 0.293 e. The summed E-state index contributed by atoms with van der Waals surface area (Å²) in [6, 6.07) is 7.60. The van der Waals surface area contributed by atoms with Gasteiger partial charge in [-0.1, -0.05) is 35.2 Å². The fourth-order valence-corrected chi connectivity index (χ4v) is 3.90. The van der Waals surface area contributed by atoms with Gasteiger partial charge in [0.25, 0.3) is 5.91 Å². The molecule has 1 amide bonds. The Morgan fingerprint density at radius 3 is 2.82 bits per heavy atom. The van der Waals surface area contributed by atoms with Crippen molar-refractivity contribution in [2.45, 2.75) is 24.3 Å². The number of carbonyl (C=O) groups excluding carboxylic acids is 1. The predicted octanol–water partition coefficient (Wildman–Crippen LogP) is 1.01. The molecule has 3 N–H and O–H groups in total. The number of carbonyl (C=O) groups is 1. The molecule has 0 aliphatic heterocycles. The first-order valence-electron chi connectivity index (χ1n) is 9.93. The van der Waals surface area contributed by atoms with Crippen LogP contribution in [0.15, 0.2) is 45.5 Å². The third-order valence-electron chi connectivity index (χ3n) is 4.67. The molecule has 0 saturated carbocycles. The Bertz CT molecular complexity index is 1330. The van der Waals surface area contributed by atoms with E-state index in [1.54, 1.807) is 24.9 Å². The SMILES string of the molecule is COc1ccccc1CC(C)=NNC(=O)c1nnn(-c2nonc2N)c1CSc1nncn1C. The number of thioether (sulfide) groups is 1. The molecule has 3 heterocycles. The van der Waals surface area contributed by atoms with Crippen molar-refractivity contribution in [2.24, 2.45) is 12.1 Å². The minimum atomic E-state index is -0.547. The lowest BCUT2D eigenvalue weighted by molar-refractivity contribution is 0.0949. The lowest BCUT2D eigenvalue weighted by Gasteiger charge is -2.08. The van der Waals surface area contributed by atoms with Gasteiger partial charge >= 0.3 is 0 Å². The lowest BCUT2D eigenvalue weighted by atomic mass is 10.1. The second kappa shape index (κ2) is 10.1. The number of nitrogen functional groups attached to an aromatic ring is 1. The maximum Gasteiger partial charge on any atom is 0.293 e. The van der Waals surface area contributed by atoms with Gasteiger partial charge in [-0.2, -0.15) is 9.78 Å². The monoisotopic (exact) mass is 483 g/mol. The van der Waals surface area contributed by atoms with E-state index in [4.69, 9.17) is 10.5 Å². The van der Waals surface area contributed by atoms with E-state index in [1.165, 1.54) is 16.4 Å². The van der Waals surface area contributed by atoms with Crippen LogP contribution in [-0.4, -0.2) is 58.8 Å². The number of anilines is 1. The number of hydrogen-bond donors (Lipinski definition) is 2. The zero-order valence-corrected chi connectivity index (χ0v) is 19.4. The quantitative estimate of drug-likeness (QED) is 0.197. The van der Waals surface area contributed by atoms with Gasteiger partial charge in [-0.15, -0.1) is 15.3 Å². The Balaban J connectivity index is 1.55. The second-order valence-corrected chi connectivity index (χ2v) is 8.00. The Morgan fingerprint density at radius 1 is 1.29 bits per heavy atom. The van der Waals surface area contributed by atoms with Crippen molar-refractivity contribution in [3.63, 3.8) is 0 Å². The van der Waals surface area contributed by atoms with E-state index in [9.17, 15) is 4.79 Å². The number of ether oxygens (including phenoxy) is 1. The predicted molar refractivity (Wildman–Crippen MR) is 121 cm³/mol. The van der Waals surface area contributed by atoms with Crippen LogP contribution in [0.2, 0.25) is 0 Å². The van der Waals surface area contributed by atoms with Gasteiger partial charge in [0.05, 0.1) is 12.8 Å². The van der Waals surface area contributed by atoms with Crippen LogP contribution in [0.5, 0.6) is 5.75 Å². The van der Waals surface area contributed by atoms with Gasteiger partial charge in [-0.05, 0) is 28.9 Å². The van der Waals surface area contributed by atoms with E-state index in [0.29, 0.717) is 23.0 Å². The molecular weight excluding hydrogens is 462 g/mol. The van der Waals surface area contributed by atoms with Crippen LogP contribution in [0.3, 0.4) is 0 Å². The molecular formula is C19H21N11O3S. The summed E-state index contributed by atoms with van der Waals surface area (Å²) in [7, 11) is 3.42. The van der Waals surface area contributed by atoms with Crippen LogP contribution >= 0.6 is 11.8 Å². The van der Waals surface area contributed by atoms with Crippen LogP contribution in [0.25, 0.3) is 5.82 Å². The fourth-order valence-electron chi connectivity index (χ4n) is 3.01. The van der Waals surface area contributed by atoms with E-state index in [2.05, 4.69) is 46.0 Å². The van der Waals surface area contributed by atoms with Crippen LogP contribution in [0.4, 0.5) is 5.82 Å². The number of aromatic nitrogens is 8. The molecule has 0 atom stereocenters. The number of para-hydroxylation sites is 1. The van der Waals surface area contributed by atoms with E-state index in [-0.39, 0.29) is 23.1 Å². The van der Waals surface area contributed by atoms with E-state index >= 15 is 0 Å². The normalized spacial score (nSPS) is 11.6. The number of amides is 1. The van der Waals surface area contributed by atoms with Gasteiger partial charge in [-0.3, -0.25) is 4.79 Å². The first-order valence-corrected chi connectivity index (χ1v) is 10.9. The van der Waals surface area contributed by atoms with Crippen molar-refractivity contribution >= 4 is 29.2 Å². The average Bonchev–Trinajstić information content (AvgIpc) is 3.56. The van der Waals surface area contributed by atoms with Crippen molar-refractivity contribution in [3.8, 4) is 11.6 Å². The van der Waals surface area contributed by atoms with Gasteiger partial charge in [0.1, 0.15) is 12.1 Å². The number of rotatable bonds is 9. The maximum atomic E-state index is 12.9. The highest BCUT2D eigenvalue weighted by molar-refractivity contribution is 7.98. The van der Waals surface area contributed by atoms with Gasteiger partial charge in [-0.25, -0.2) is 10.1 Å². The molecule has 176 valence electrons. The average molecular weight is 484 g/mol. The Labute approximate surface area is 197 Å². The summed E-state index contributed by atoms with van der Waals surface area (Å²) in [5, 5.41) is 28.1. The summed E-state index contributed by atoms with van der Waals surface area (Å²) in [6.45, 7) is 1.80. The number of nitrogens with zero attached hydrogens (tertiary/aromatic N) is 9. The molecule has 4 aromatic rings. The number of nitrogens with two attached hydrogens (primary N) is 1. The Kier molecular flexibility index (Phi) is 6.82. The maximum absolute atomic E-state index is 12.9. The third kappa shape index (κ3) is 4.88. The molecule has 34 heavy (non-hydrogen) atoms. The number of aryl methyl sites for hydroxylation is 1. The number of benzene rings is 1. The molecule has 0 radical (unpaired) electrons. The summed E-state index contributed by atoms with van der Waals surface area (Å²) in [5.41, 5.74) is 10.4. The van der Waals surface area contributed by atoms with Crippen molar-refractivity contribution in [3.05, 3.63) is 47.5 Å². The topological polar surface area (TPSA) is 177 Å². The van der Waals surface area contributed by atoms with Gasteiger partial charge in [0.15, 0.2) is 10.9 Å². The molecule has 0 bridgehead atoms.